The Hall–Kier alpha value is -1.68. The number of nitrogens with zero attached hydrogens (tertiary/aromatic N) is 3. The van der Waals surface area contributed by atoms with Crippen LogP contribution < -0.4 is 0 Å². The lowest BCUT2D eigenvalue weighted by atomic mass is 9.85. The highest BCUT2D eigenvalue weighted by Crippen LogP contribution is 2.36. The molecular weight excluding hydrogens is 238 g/mol. The first-order valence-corrected chi connectivity index (χ1v) is 6.83. The van der Waals surface area contributed by atoms with Gasteiger partial charge in [0, 0.05) is 13.5 Å². The lowest BCUT2D eigenvalue weighted by Gasteiger charge is -2.28. The first kappa shape index (κ1) is 12.4. The molecule has 2 aromatic rings. The fraction of sp³-hybridized carbons (Fsp3) is 0.467. The van der Waals surface area contributed by atoms with Crippen molar-refractivity contribution in [3.05, 3.63) is 47.5 Å². The molecule has 0 bridgehead atoms. The van der Waals surface area contributed by atoms with E-state index in [2.05, 4.69) is 22.2 Å². The van der Waals surface area contributed by atoms with Crippen LogP contribution in [0.5, 0.6) is 0 Å². The molecule has 0 saturated carbocycles. The molecule has 4 nitrogen and oxygen atoms in total. The number of aryl methyl sites for hydroxylation is 2. The van der Waals surface area contributed by atoms with E-state index in [-0.39, 0.29) is 0 Å². The Morgan fingerprint density at radius 3 is 2.95 bits per heavy atom. The molecule has 0 spiro atoms. The third-order valence-electron chi connectivity index (χ3n) is 4.06. The molecule has 1 atom stereocenters. The highest BCUT2D eigenvalue weighted by atomic mass is 16.3. The normalized spacial score (nSPS) is 22.8. The third-order valence-corrected chi connectivity index (χ3v) is 4.06. The van der Waals surface area contributed by atoms with Crippen molar-refractivity contribution in [3.63, 3.8) is 0 Å². The average Bonchev–Trinajstić information content (AvgIpc) is 2.72. The summed E-state index contributed by atoms with van der Waals surface area (Å²) < 4.78 is 1.74. The summed E-state index contributed by atoms with van der Waals surface area (Å²) in [6, 6.07) is 8.23. The van der Waals surface area contributed by atoms with Crippen LogP contribution >= 0.6 is 0 Å². The van der Waals surface area contributed by atoms with Gasteiger partial charge < -0.3 is 5.11 Å². The van der Waals surface area contributed by atoms with E-state index >= 15 is 0 Å². The number of aliphatic hydroxyl groups is 1. The Bertz CT molecular complexity index is 578. The molecule has 0 fully saturated rings. The van der Waals surface area contributed by atoms with E-state index in [1.54, 1.807) is 11.0 Å². The molecule has 0 saturated heterocycles. The van der Waals surface area contributed by atoms with Gasteiger partial charge in [-0.1, -0.05) is 24.3 Å². The summed E-state index contributed by atoms with van der Waals surface area (Å²) in [6.07, 6.45) is 6.09. The van der Waals surface area contributed by atoms with E-state index in [1.165, 1.54) is 5.56 Å². The highest BCUT2D eigenvalue weighted by Gasteiger charge is 2.34. The molecule has 0 amide bonds. The van der Waals surface area contributed by atoms with E-state index in [4.69, 9.17) is 0 Å². The topological polar surface area (TPSA) is 50.9 Å². The number of benzene rings is 1. The molecule has 19 heavy (non-hydrogen) atoms. The Labute approximate surface area is 113 Å². The summed E-state index contributed by atoms with van der Waals surface area (Å²) in [6.45, 7) is 0. The second-order valence-corrected chi connectivity index (χ2v) is 5.37. The third kappa shape index (κ3) is 2.28. The number of hydrogen-bond acceptors (Lipinski definition) is 3. The zero-order valence-corrected chi connectivity index (χ0v) is 11.2. The summed E-state index contributed by atoms with van der Waals surface area (Å²) in [5, 5.41) is 15.2. The van der Waals surface area contributed by atoms with Crippen molar-refractivity contribution < 1.29 is 5.11 Å². The molecule has 1 aromatic heterocycles. The van der Waals surface area contributed by atoms with Gasteiger partial charge in [0.2, 0.25) is 0 Å². The summed E-state index contributed by atoms with van der Waals surface area (Å²) in [7, 11) is 1.87. The Kier molecular flexibility index (Phi) is 3.11. The molecule has 0 radical (unpaired) electrons. The van der Waals surface area contributed by atoms with Gasteiger partial charge in [0.25, 0.3) is 0 Å². The molecule has 1 aromatic carbocycles. The van der Waals surface area contributed by atoms with E-state index in [9.17, 15) is 5.11 Å². The van der Waals surface area contributed by atoms with Crippen LogP contribution in [0.15, 0.2) is 30.6 Å². The number of fused-ring (bicyclic) bond motifs is 1. The predicted octanol–water partition coefficient (Wildman–Crippen LogP) is 1.97. The van der Waals surface area contributed by atoms with Crippen LogP contribution in [0.25, 0.3) is 0 Å². The van der Waals surface area contributed by atoms with Gasteiger partial charge in [0.15, 0.2) is 0 Å². The molecule has 4 heteroatoms. The van der Waals surface area contributed by atoms with Gasteiger partial charge >= 0.3 is 0 Å². The van der Waals surface area contributed by atoms with Crippen molar-refractivity contribution in [1.29, 1.82) is 0 Å². The van der Waals surface area contributed by atoms with Crippen molar-refractivity contribution >= 4 is 0 Å². The molecule has 1 aliphatic carbocycles. The van der Waals surface area contributed by atoms with Gasteiger partial charge in [-0.2, -0.15) is 5.10 Å². The zero-order chi connectivity index (χ0) is 13.3. The molecule has 1 unspecified atom stereocenters. The largest absolute Gasteiger partial charge is 0.385 e. The zero-order valence-electron chi connectivity index (χ0n) is 11.2. The summed E-state index contributed by atoms with van der Waals surface area (Å²) >= 11 is 0. The van der Waals surface area contributed by atoms with Gasteiger partial charge in [-0.25, -0.2) is 4.98 Å². The van der Waals surface area contributed by atoms with Crippen LogP contribution in [0.2, 0.25) is 0 Å². The fourth-order valence-electron chi connectivity index (χ4n) is 2.99. The van der Waals surface area contributed by atoms with Gasteiger partial charge in [-0.3, -0.25) is 4.68 Å². The maximum atomic E-state index is 11.1. The number of rotatable bonds is 2. The van der Waals surface area contributed by atoms with Crippen LogP contribution in [0.4, 0.5) is 0 Å². The first-order valence-electron chi connectivity index (χ1n) is 6.83. The van der Waals surface area contributed by atoms with Crippen LogP contribution in [0.3, 0.4) is 0 Å². The SMILES string of the molecule is Cn1ncnc1CC1(O)CCCCc2ccccc21. The van der Waals surface area contributed by atoms with E-state index in [0.29, 0.717) is 6.42 Å². The van der Waals surface area contributed by atoms with E-state index < -0.39 is 5.60 Å². The lowest BCUT2D eigenvalue weighted by molar-refractivity contribution is 0.0244. The second-order valence-electron chi connectivity index (χ2n) is 5.37. The van der Waals surface area contributed by atoms with Gasteiger partial charge in [0.1, 0.15) is 12.2 Å². The molecule has 100 valence electrons. The van der Waals surface area contributed by atoms with E-state index in [0.717, 1.165) is 37.1 Å². The van der Waals surface area contributed by atoms with Crippen molar-refractivity contribution in [3.8, 4) is 0 Å². The summed E-state index contributed by atoms with van der Waals surface area (Å²) in [5.41, 5.74) is 1.52. The van der Waals surface area contributed by atoms with Crippen LogP contribution in [-0.4, -0.2) is 19.9 Å². The first-order chi connectivity index (χ1) is 9.19. The Morgan fingerprint density at radius 1 is 1.32 bits per heavy atom. The molecule has 1 heterocycles. The quantitative estimate of drug-likeness (QED) is 0.837. The molecular formula is C15H19N3O. The maximum Gasteiger partial charge on any atom is 0.138 e. The Morgan fingerprint density at radius 2 is 2.16 bits per heavy atom. The monoisotopic (exact) mass is 257 g/mol. The van der Waals surface area contributed by atoms with Crippen molar-refractivity contribution in [2.24, 2.45) is 7.05 Å². The molecule has 1 aliphatic rings. The molecule has 1 N–H and O–H groups in total. The van der Waals surface area contributed by atoms with Gasteiger partial charge in [-0.05, 0) is 36.8 Å². The minimum absolute atomic E-state index is 0.528. The van der Waals surface area contributed by atoms with Crippen molar-refractivity contribution in [1.82, 2.24) is 14.8 Å². The lowest BCUT2D eigenvalue weighted by Crippen LogP contribution is -2.30. The summed E-state index contributed by atoms with van der Waals surface area (Å²) in [4.78, 5) is 4.25. The predicted molar refractivity (Wildman–Crippen MR) is 72.6 cm³/mol. The van der Waals surface area contributed by atoms with Gasteiger partial charge in [-0.15, -0.1) is 0 Å². The van der Waals surface area contributed by atoms with Crippen LogP contribution in [0, 0.1) is 0 Å². The number of hydrogen-bond donors (Lipinski definition) is 1. The van der Waals surface area contributed by atoms with E-state index in [1.807, 2.05) is 19.2 Å². The van der Waals surface area contributed by atoms with Crippen LogP contribution in [-0.2, 0) is 25.5 Å². The smallest absolute Gasteiger partial charge is 0.138 e. The molecule has 0 aliphatic heterocycles. The molecule has 3 rings (SSSR count). The van der Waals surface area contributed by atoms with Crippen molar-refractivity contribution in [2.75, 3.05) is 0 Å². The number of aromatic nitrogens is 3. The average molecular weight is 257 g/mol. The fourth-order valence-corrected chi connectivity index (χ4v) is 2.99. The minimum Gasteiger partial charge on any atom is -0.385 e. The van der Waals surface area contributed by atoms with Gasteiger partial charge in [0.05, 0.1) is 5.60 Å². The highest BCUT2D eigenvalue weighted by molar-refractivity contribution is 5.34. The van der Waals surface area contributed by atoms with Crippen LogP contribution in [0.1, 0.15) is 36.2 Å². The minimum atomic E-state index is -0.812. The Balaban J connectivity index is 2.00. The van der Waals surface area contributed by atoms with Crippen molar-refractivity contribution in [2.45, 2.75) is 37.7 Å². The standard InChI is InChI=1S/C15H19N3O/c1-18-14(16-11-17-18)10-15(19)9-5-4-7-12-6-2-3-8-13(12)15/h2-3,6,8,11,19H,4-5,7,9-10H2,1H3. The maximum absolute atomic E-state index is 11.1. The summed E-state index contributed by atoms with van der Waals surface area (Å²) in [5.74, 6) is 0.833. The second kappa shape index (κ2) is 4.78.